The number of nitrogens with one attached hydrogen (secondary N) is 2. The summed E-state index contributed by atoms with van der Waals surface area (Å²) < 4.78 is 0. The minimum absolute atomic E-state index is 0.00917. The maximum Gasteiger partial charge on any atom is 0.252 e. The lowest BCUT2D eigenvalue weighted by atomic mass is 10.2. The quantitative estimate of drug-likeness (QED) is 0.642. The summed E-state index contributed by atoms with van der Waals surface area (Å²) in [7, 11) is 0. The number of rotatable bonds is 5. The van der Waals surface area contributed by atoms with Gasteiger partial charge in [0.2, 0.25) is 5.91 Å². The lowest BCUT2D eigenvalue weighted by Gasteiger charge is -2.11. The van der Waals surface area contributed by atoms with Crippen molar-refractivity contribution in [3.63, 3.8) is 0 Å². The van der Waals surface area contributed by atoms with Gasteiger partial charge in [-0.1, -0.05) is 17.7 Å². The molecule has 1 aromatic rings. The zero-order valence-corrected chi connectivity index (χ0v) is 12.7. The van der Waals surface area contributed by atoms with E-state index >= 15 is 0 Å². The fourth-order valence-corrected chi connectivity index (χ4v) is 2.38. The molecule has 2 N–H and O–H groups in total. The Hall–Kier alpha value is -1.92. The van der Waals surface area contributed by atoms with Crippen molar-refractivity contribution in [1.82, 2.24) is 10.2 Å². The Labute approximate surface area is 133 Å². The van der Waals surface area contributed by atoms with Crippen LogP contribution in [0.4, 0.5) is 5.69 Å². The molecule has 0 spiro atoms. The molecule has 0 bridgehead atoms. The number of nitrogens with zero attached hydrogens (tertiary/aromatic N) is 1. The molecule has 0 aliphatic carbocycles. The van der Waals surface area contributed by atoms with Gasteiger partial charge in [0.1, 0.15) is 6.04 Å². The minimum atomic E-state index is -0.634. The van der Waals surface area contributed by atoms with Gasteiger partial charge in [0.25, 0.3) is 5.91 Å². The number of amides is 2. The van der Waals surface area contributed by atoms with E-state index in [0.29, 0.717) is 22.4 Å². The van der Waals surface area contributed by atoms with Crippen LogP contribution in [0, 0.1) is 0 Å². The van der Waals surface area contributed by atoms with Gasteiger partial charge < -0.3 is 10.6 Å². The molecule has 0 saturated carbocycles. The maximum atomic E-state index is 12.1. The second kappa shape index (κ2) is 6.69. The number of thiocarbonyl (C=S) groups is 1. The lowest BCUT2D eigenvalue weighted by molar-refractivity contribution is -0.129. The van der Waals surface area contributed by atoms with Crippen molar-refractivity contribution in [2.45, 2.75) is 12.5 Å². The predicted octanol–water partition coefficient (Wildman–Crippen LogP) is 1.94. The first-order valence-corrected chi connectivity index (χ1v) is 7.08. The molecule has 110 valence electrons. The molecule has 1 fully saturated rings. The highest BCUT2D eigenvalue weighted by Crippen LogP contribution is 2.15. The van der Waals surface area contributed by atoms with Crippen molar-refractivity contribution < 1.29 is 9.59 Å². The molecule has 1 aliphatic rings. The van der Waals surface area contributed by atoms with Crippen molar-refractivity contribution in [3.8, 4) is 0 Å². The summed E-state index contributed by atoms with van der Waals surface area (Å²) in [6.07, 6.45) is 1.59. The van der Waals surface area contributed by atoms with E-state index in [9.17, 15) is 9.59 Å². The van der Waals surface area contributed by atoms with Crippen LogP contribution in [0.3, 0.4) is 0 Å². The van der Waals surface area contributed by atoms with E-state index in [1.165, 1.54) is 4.90 Å². The van der Waals surface area contributed by atoms with Crippen LogP contribution in [-0.2, 0) is 9.59 Å². The molecule has 1 heterocycles. The molecule has 2 rings (SSSR count). The lowest BCUT2D eigenvalue weighted by Crippen LogP contribution is -2.34. The van der Waals surface area contributed by atoms with Crippen molar-refractivity contribution in [3.05, 3.63) is 41.9 Å². The Kier molecular flexibility index (Phi) is 4.93. The second-order valence-corrected chi connectivity index (χ2v) is 5.32. The third kappa shape index (κ3) is 3.80. The van der Waals surface area contributed by atoms with Gasteiger partial charge in [-0.05, 0) is 36.5 Å². The Balaban J connectivity index is 1.94. The van der Waals surface area contributed by atoms with Gasteiger partial charge in [0, 0.05) is 17.3 Å². The number of anilines is 1. The molecule has 7 heteroatoms. The highest BCUT2D eigenvalue weighted by molar-refractivity contribution is 7.80. The molecule has 0 aromatic heterocycles. The first kappa shape index (κ1) is 15.5. The number of benzene rings is 1. The third-order valence-corrected chi connectivity index (χ3v) is 3.53. The molecular formula is C14H14ClN3O2S. The van der Waals surface area contributed by atoms with E-state index < -0.39 is 6.04 Å². The Morgan fingerprint density at radius 2 is 2.14 bits per heavy atom. The molecule has 0 unspecified atom stereocenters. The second-order valence-electron chi connectivity index (χ2n) is 4.50. The Morgan fingerprint density at radius 3 is 2.76 bits per heavy atom. The van der Waals surface area contributed by atoms with Gasteiger partial charge in [0.15, 0.2) is 5.11 Å². The van der Waals surface area contributed by atoms with Crippen molar-refractivity contribution in [2.24, 2.45) is 0 Å². The summed E-state index contributed by atoms with van der Waals surface area (Å²) in [5, 5.41) is 6.46. The average Bonchev–Trinajstić information content (AvgIpc) is 2.69. The smallest absolute Gasteiger partial charge is 0.252 e. The topological polar surface area (TPSA) is 61.4 Å². The highest BCUT2D eigenvalue weighted by atomic mass is 35.5. The fraction of sp³-hybridized carbons (Fsp3) is 0.214. The highest BCUT2D eigenvalue weighted by Gasteiger charge is 2.35. The number of carbonyl (C=O) groups is 2. The molecule has 1 aliphatic heterocycles. The van der Waals surface area contributed by atoms with E-state index in [1.54, 1.807) is 30.3 Å². The van der Waals surface area contributed by atoms with Gasteiger partial charge in [-0.3, -0.25) is 14.5 Å². The van der Waals surface area contributed by atoms with E-state index in [2.05, 4.69) is 17.2 Å². The number of hydrogen-bond donors (Lipinski definition) is 2. The van der Waals surface area contributed by atoms with Crippen LogP contribution in [0.5, 0.6) is 0 Å². The van der Waals surface area contributed by atoms with Gasteiger partial charge in [-0.2, -0.15) is 0 Å². The van der Waals surface area contributed by atoms with Crippen LogP contribution in [0.1, 0.15) is 6.42 Å². The maximum absolute atomic E-state index is 12.1. The molecule has 1 atom stereocenters. The standard InChI is InChI=1S/C14H14ClN3O2S/c1-2-7-18-13(20)11(17-14(18)21)8-12(19)16-10-5-3-9(15)4-6-10/h2-6,11H,1,7-8H2,(H,16,19)(H,17,21)/t11-/m0/s1. The zero-order chi connectivity index (χ0) is 15.4. The van der Waals surface area contributed by atoms with Crippen molar-refractivity contribution in [2.75, 3.05) is 11.9 Å². The first-order chi connectivity index (χ1) is 10.0. The predicted molar refractivity (Wildman–Crippen MR) is 86.1 cm³/mol. The molecule has 5 nitrogen and oxygen atoms in total. The first-order valence-electron chi connectivity index (χ1n) is 6.29. The number of halogens is 1. The summed E-state index contributed by atoms with van der Waals surface area (Å²) in [5.41, 5.74) is 0.625. The fourth-order valence-electron chi connectivity index (χ4n) is 1.95. The van der Waals surface area contributed by atoms with E-state index in [0.717, 1.165) is 0 Å². The SMILES string of the molecule is C=CCN1C(=O)[C@H](CC(=O)Nc2ccc(Cl)cc2)NC1=S. The van der Waals surface area contributed by atoms with E-state index in [1.807, 2.05) is 0 Å². The van der Waals surface area contributed by atoms with Gasteiger partial charge in [-0.15, -0.1) is 6.58 Å². The Bertz CT molecular complexity index is 588. The van der Waals surface area contributed by atoms with Crippen LogP contribution in [0.15, 0.2) is 36.9 Å². The summed E-state index contributed by atoms with van der Waals surface area (Å²) in [6.45, 7) is 3.90. The van der Waals surface area contributed by atoms with Gasteiger partial charge >= 0.3 is 0 Å². The van der Waals surface area contributed by atoms with E-state index in [-0.39, 0.29) is 18.2 Å². The van der Waals surface area contributed by atoms with Crippen LogP contribution in [0.25, 0.3) is 0 Å². The van der Waals surface area contributed by atoms with Crippen LogP contribution in [-0.4, -0.2) is 34.4 Å². The number of carbonyl (C=O) groups excluding carboxylic acids is 2. The average molecular weight is 324 g/mol. The van der Waals surface area contributed by atoms with Crippen LogP contribution >= 0.6 is 23.8 Å². The Morgan fingerprint density at radius 1 is 1.48 bits per heavy atom. The third-order valence-electron chi connectivity index (χ3n) is 2.94. The normalized spacial score (nSPS) is 17.6. The summed E-state index contributed by atoms with van der Waals surface area (Å²) in [5.74, 6) is -0.488. The van der Waals surface area contributed by atoms with E-state index in [4.69, 9.17) is 23.8 Å². The minimum Gasteiger partial charge on any atom is -0.350 e. The molecule has 1 saturated heterocycles. The van der Waals surface area contributed by atoms with Gasteiger partial charge in [-0.25, -0.2) is 0 Å². The summed E-state index contributed by atoms with van der Waals surface area (Å²) in [4.78, 5) is 25.4. The van der Waals surface area contributed by atoms with Crippen molar-refractivity contribution >= 4 is 46.4 Å². The molecular weight excluding hydrogens is 310 g/mol. The summed E-state index contributed by atoms with van der Waals surface area (Å²) in [6, 6.07) is 6.11. The van der Waals surface area contributed by atoms with Crippen LogP contribution in [0.2, 0.25) is 5.02 Å². The van der Waals surface area contributed by atoms with Crippen LogP contribution < -0.4 is 10.6 Å². The summed E-state index contributed by atoms with van der Waals surface area (Å²) >= 11 is 10.8. The zero-order valence-electron chi connectivity index (χ0n) is 11.1. The van der Waals surface area contributed by atoms with Crippen molar-refractivity contribution in [1.29, 1.82) is 0 Å². The molecule has 21 heavy (non-hydrogen) atoms. The molecule has 1 aromatic carbocycles. The van der Waals surface area contributed by atoms with Gasteiger partial charge in [0.05, 0.1) is 6.42 Å². The number of hydrogen-bond acceptors (Lipinski definition) is 3. The monoisotopic (exact) mass is 323 g/mol. The molecule has 0 radical (unpaired) electrons. The largest absolute Gasteiger partial charge is 0.350 e. The molecule has 2 amide bonds.